The number of aryl methyl sites for hydroxylation is 1. The fourth-order valence-corrected chi connectivity index (χ4v) is 5.08. The summed E-state index contributed by atoms with van der Waals surface area (Å²) in [6, 6.07) is 17.2. The summed E-state index contributed by atoms with van der Waals surface area (Å²) in [5, 5.41) is 19.6. The molecule has 0 bridgehead atoms. The van der Waals surface area contributed by atoms with Crippen molar-refractivity contribution < 1.29 is 18.4 Å². The Morgan fingerprint density at radius 3 is 2.54 bits per heavy atom. The third-order valence-electron chi connectivity index (χ3n) is 5.05. The molecule has 0 aliphatic heterocycles. The fourth-order valence-electron chi connectivity index (χ4n) is 3.40. The highest BCUT2D eigenvalue weighted by atomic mass is 79.9. The number of hydrogen-bond acceptors (Lipinski definition) is 6. The van der Waals surface area contributed by atoms with Crippen molar-refractivity contribution in [3.63, 3.8) is 0 Å². The van der Waals surface area contributed by atoms with Crippen molar-refractivity contribution in [1.82, 2.24) is 14.8 Å². The minimum atomic E-state index is -0.582. The number of hydrogen-bond donors (Lipinski definition) is 0. The summed E-state index contributed by atoms with van der Waals surface area (Å²) in [6.07, 6.45) is 0. The first-order chi connectivity index (χ1) is 16.8. The molecular weight excluding hydrogens is 542 g/mol. The van der Waals surface area contributed by atoms with Crippen LogP contribution in [0.4, 0.5) is 8.78 Å². The molecule has 4 rings (SSSR count). The standard InChI is InChI=1S/C24H19BrF2N4O3S/c1-15-28-29-24(31(15)20-8-6-18(26)7-9-20)35-23(13-30(32)33)17-5-10-22(21(25)12-17)34-14-16-3-2-4-19(27)11-16/h2-12,23H,13-14H2,1H3/t23-/m1/s1. The summed E-state index contributed by atoms with van der Waals surface area (Å²) in [5.41, 5.74) is 2.01. The summed E-state index contributed by atoms with van der Waals surface area (Å²) < 4.78 is 34.9. The van der Waals surface area contributed by atoms with Gasteiger partial charge in [0.2, 0.25) is 6.54 Å². The Balaban J connectivity index is 1.57. The van der Waals surface area contributed by atoms with Gasteiger partial charge in [0.15, 0.2) is 5.16 Å². The summed E-state index contributed by atoms with van der Waals surface area (Å²) in [4.78, 5) is 11.1. The molecule has 0 unspecified atom stereocenters. The first-order valence-corrected chi connectivity index (χ1v) is 12.1. The lowest BCUT2D eigenvalue weighted by Gasteiger charge is -2.16. The van der Waals surface area contributed by atoms with Crippen LogP contribution in [0.15, 0.2) is 76.4 Å². The van der Waals surface area contributed by atoms with E-state index in [2.05, 4.69) is 26.1 Å². The largest absolute Gasteiger partial charge is 0.488 e. The zero-order valence-corrected chi connectivity index (χ0v) is 20.8. The van der Waals surface area contributed by atoms with Crippen LogP contribution in [-0.4, -0.2) is 26.2 Å². The number of aromatic nitrogens is 3. The third kappa shape index (κ3) is 6.23. The molecule has 3 aromatic carbocycles. The van der Waals surface area contributed by atoms with Crippen molar-refractivity contribution in [2.24, 2.45) is 0 Å². The summed E-state index contributed by atoms with van der Waals surface area (Å²) in [6.45, 7) is 1.57. The molecule has 0 N–H and O–H groups in total. The molecular formula is C24H19BrF2N4O3S. The zero-order chi connectivity index (χ0) is 24.9. The number of thioether (sulfide) groups is 1. The Morgan fingerprint density at radius 1 is 1.09 bits per heavy atom. The van der Waals surface area contributed by atoms with Crippen LogP contribution in [0.1, 0.15) is 22.2 Å². The molecule has 1 aromatic heterocycles. The van der Waals surface area contributed by atoms with Gasteiger partial charge in [0.1, 0.15) is 35.1 Å². The maximum Gasteiger partial charge on any atom is 0.220 e. The van der Waals surface area contributed by atoms with Crippen molar-refractivity contribution in [3.8, 4) is 11.4 Å². The third-order valence-corrected chi connectivity index (χ3v) is 6.85. The minimum absolute atomic E-state index is 0.169. The maximum absolute atomic E-state index is 13.4. The van der Waals surface area contributed by atoms with Gasteiger partial charge in [0.05, 0.1) is 4.47 Å². The van der Waals surface area contributed by atoms with Crippen LogP contribution in [0.2, 0.25) is 0 Å². The van der Waals surface area contributed by atoms with Gasteiger partial charge in [-0.1, -0.05) is 30.0 Å². The topological polar surface area (TPSA) is 83.1 Å². The lowest BCUT2D eigenvalue weighted by molar-refractivity contribution is -0.479. The Hall–Kier alpha value is -3.31. The van der Waals surface area contributed by atoms with Gasteiger partial charge in [0.25, 0.3) is 0 Å². The van der Waals surface area contributed by atoms with Crippen molar-refractivity contribution in [2.75, 3.05) is 6.54 Å². The van der Waals surface area contributed by atoms with Gasteiger partial charge in [-0.2, -0.15) is 0 Å². The van der Waals surface area contributed by atoms with E-state index in [1.165, 1.54) is 36.0 Å². The highest BCUT2D eigenvalue weighted by Crippen LogP contribution is 2.38. The number of benzene rings is 3. The Morgan fingerprint density at radius 2 is 1.86 bits per heavy atom. The fraction of sp³-hybridized carbons (Fsp3) is 0.167. The van der Waals surface area contributed by atoms with Gasteiger partial charge in [-0.3, -0.25) is 14.7 Å². The van der Waals surface area contributed by atoms with Gasteiger partial charge in [-0.25, -0.2) is 8.78 Å². The highest BCUT2D eigenvalue weighted by molar-refractivity contribution is 9.10. The van der Waals surface area contributed by atoms with E-state index in [4.69, 9.17) is 4.74 Å². The second kappa shape index (κ2) is 11.0. The number of nitro groups is 1. The van der Waals surface area contributed by atoms with Gasteiger partial charge in [-0.05, 0) is 82.5 Å². The second-order valence-electron chi connectivity index (χ2n) is 7.57. The number of rotatable bonds is 9. The normalized spacial score (nSPS) is 11.9. The zero-order valence-electron chi connectivity index (χ0n) is 18.4. The lowest BCUT2D eigenvalue weighted by atomic mass is 10.1. The maximum atomic E-state index is 13.4. The van der Waals surface area contributed by atoms with Crippen molar-refractivity contribution in [3.05, 3.63) is 110 Å². The van der Waals surface area contributed by atoms with E-state index in [0.29, 0.717) is 38.0 Å². The molecule has 0 aliphatic rings. The van der Waals surface area contributed by atoms with Crippen LogP contribution in [0, 0.1) is 28.7 Å². The highest BCUT2D eigenvalue weighted by Gasteiger charge is 2.24. The first kappa shape index (κ1) is 24.8. The Labute approximate surface area is 212 Å². The lowest BCUT2D eigenvalue weighted by Crippen LogP contribution is -2.11. The monoisotopic (exact) mass is 560 g/mol. The van der Waals surface area contributed by atoms with Crippen LogP contribution in [0.25, 0.3) is 5.69 Å². The van der Waals surface area contributed by atoms with Crippen LogP contribution in [-0.2, 0) is 6.61 Å². The van der Waals surface area contributed by atoms with Crippen molar-refractivity contribution in [1.29, 1.82) is 0 Å². The van der Waals surface area contributed by atoms with Crippen LogP contribution in [0.5, 0.6) is 5.75 Å². The molecule has 0 saturated heterocycles. The van der Waals surface area contributed by atoms with E-state index in [1.54, 1.807) is 54.0 Å². The molecule has 0 aliphatic carbocycles. The van der Waals surface area contributed by atoms with E-state index in [0.717, 1.165) is 0 Å². The van der Waals surface area contributed by atoms with E-state index in [1.807, 2.05) is 0 Å². The summed E-state index contributed by atoms with van der Waals surface area (Å²) >= 11 is 4.66. The van der Waals surface area contributed by atoms with Gasteiger partial charge in [0, 0.05) is 10.6 Å². The van der Waals surface area contributed by atoms with Gasteiger partial charge in [-0.15, -0.1) is 10.2 Å². The molecule has 0 radical (unpaired) electrons. The number of ether oxygens (including phenoxy) is 1. The molecule has 4 aromatic rings. The van der Waals surface area contributed by atoms with Gasteiger partial charge < -0.3 is 4.74 Å². The molecule has 35 heavy (non-hydrogen) atoms. The molecule has 180 valence electrons. The van der Waals surface area contributed by atoms with E-state index in [9.17, 15) is 18.9 Å². The Kier molecular flexibility index (Phi) is 7.76. The van der Waals surface area contributed by atoms with Crippen molar-refractivity contribution in [2.45, 2.75) is 23.9 Å². The van der Waals surface area contributed by atoms with Crippen LogP contribution < -0.4 is 4.74 Å². The van der Waals surface area contributed by atoms with E-state index >= 15 is 0 Å². The minimum Gasteiger partial charge on any atom is -0.488 e. The predicted molar refractivity (Wildman–Crippen MR) is 131 cm³/mol. The second-order valence-corrected chi connectivity index (χ2v) is 9.60. The quantitative estimate of drug-likeness (QED) is 0.135. The molecule has 0 amide bonds. The smallest absolute Gasteiger partial charge is 0.220 e. The Bertz CT molecular complexity index is 1350. The predicted octanol–water partition coefficient (Wildman–Crippen LogP) is 6.31. The van der Waals surface area contributed by atoms with Crippen LogP contribution in [0.3, 0.4) is 0 Å². The molecule has 0 saturated carbocycles. The molecule has 1 atom stereocenters. The van der Waals surface area contributed by atoms with E-state index < -0.39 is 5.25 Å². The average Bonchev–Trinajstić information content (AvgIpc) is 3.18. The summed E-state index contributed by atoms with van der Waals surface area (Å²) in [5.74, 6) is 0.378. The molecule has 7 nitrogen and oxygen atoms in total. The molecule has 11 heteroatoms. The SMILES string of the molecule is Cc1nnc(S[C@H](C[N+](=O)[O-])c2ccc(OCc3cccc(F)c3)c(Br)c2)n1-c1ccc(F)cc1. The molecule has 0 fully saturated rings. The molecule has 1 heterocycles. The van der Waals surface area contributed by atoms with Crippen LogP contribution >= 0.6 is 27.7 Å². The number of halogens is 3. The number of nitrogens with zero attached hydrogens (tertiary/aromatic N) is 4. The van der Waals surface area contributed by atoms with Gasteiger partial charge >= 0.3 is 0 Å². The average molecular weight is 561 g/mol. The first-order valence-electron chi connectivity index (χ1n) is 10.4. The molecule has 0 spiro atoms. The van der Waals surface area contributed by atoms with E-state index in [-0.39, 0.29) is 29.7 Å². The summed E-state index contributed by atoms with van der Waals surface area (Å²) in [7, 11) is 0. The van der Waals surface area contributed by atoms with Crippen molar-refractivity contribution >= 4 is 27.7 Å².